The largest absolute Gasteiger partial charge is 0.493 e. The van der Waals surface area contributed by atoms with Crippen LogP contribution in [-0.4, -0.2) is 23.1 Å². The lowest BCUT2D eigenvalue weighted by atomic mass is 10.1. The quantitative estimate of drug-likeness (QED) is 0.222. The van der Waals surface area contributed by atoms with Crippen molar-refractivity contribution in [1.29, 1.82) is 0 Å². The van der Waals surface area contributed by atoms with Crippen LogP contribution in [0.25, 0.3) is 10.9 Å². The van der Waals surface area contributed by atoms with Gasteiger partial charge in [-0.05, 0) is 47.6 Å². The number of anilines is 2. The first-order chi connectivity index (χ1) is 13.1. The number of rotatable bonds is 8. The Kier molecular flexibility index (Phi) is 6.95. The molecule has 3 aromatic rings. The number of halogens is 3. The lowest BCUT2D eigenvalue weighted by Gasteiger charge is -2.14. The summed E-state index contributed by atoms with van der Waals surface area (Å²) in [5, 5.41) is 4.21. The van der Waals surface area contributed by atoms with Crippen molar-refractivity contribution in [3.63, 3.8) is 0 Å². The summed E-state index contributed by atoms with van der Waals surface area (Å²) in [7, 11) is 1.61. The zero-order valence-corrected chi connectivity index (χ0v) is 17.7. The molecule has 0 fully saturated rings. The fraction of sp³-hybridized carbons (Fsp3) is 0.250. The van der Waals surface area contributed by atoms with Crippen molar-refractivity contribution in [2.45, 2.75) is 12.8 Å². The highest BCUT2D eigenvalue weighted by Gasteiger charge is 2.11. The Bertz CT molecular complexity index is 939. The topological polar surface area (TPSA) is 43.4 Å². The van der Waals surface area contributed by atoms with Gasteiger partial charge >= 0.3 is 0 Å². The summed E-state index contributed by atoms with van der Waals surface area (Å²) in [6, 6.07) is 10.1. The van der Waals surface area contributed by atoms with Crippen LogP contribution in [0, 0.1) is 5.82 Å². The predicted octanol–water partition coefficient (Wildman–Crippen LogP) is 6.37. The number of hydrogen-bond acceptors (Lipinski definition) is 4. The zero-order valence-electron chi connectivity index (χ0n) is 14.8. The first-order valence-electron chi connectivity index (χ1n) is 8.50. The van der Waals surface area contributed by atoms with Crippen molar-refractivity contribution >= 4 is 56.5 Å². The molecule has 0 aliphatic heterocycles. The summed E-state index contributed by atoms with van der Waals surface area (Å²) in [6.07, 6.45) is 3.79. The Morgan fingerprint density at radius 2 is 2.00 bits per heavy atom. The van der Waals surface area contributed by atoms with Crippen molar-refractivity contribution in [1.82, 2.24) is 4.98 Å². The van der Waals surface area contributed by atoms with Gasteiger partial charge in [-0.25, -0.2) is 4.39 Å². The Balaban J connectivity index is 1.94. The lowest BCUT2D eigenvalue weighted by molar-refractivity contribution is 0.289. The van der Waals surface area contributed by atoms with Crippen LogP contribution in [0.1, 0.15) is 12.8 Å². The molecule has 0 saturated heterocycles. The van der Waals surface area contributed by atoms with Gasteiger partial charge in [0.05, 0.1) is 24.3 Å². The van der Waals surface area contributed by atoms with Crippen LogP contribution >= 0.6 is 34.2 Å². The van der Waals surface area contributed by atoms with Gasteiger partial charge in [0.1, 0.15) is 5.82 Å². The third-order valence-electron chi connectivity index (χ3n) is 4.01. The molecule has 3 rings (SSSR count). The minimum atomic E-state index is -0.450. The first-order valence-corrected chi connectivity index (χ1v) is 10.4. The van der Waals surface area contributed by atoms with Crippen LogP contribution in [0.5, 0.6) is 11.5 Å². The third-order valence-corrected chi connectivity index (χ3v) is 5.06. The number of pyridine rings is 1. The molecule has 2 aromatic carbocycles. The number of methoxy groups -OCH3 is 1. The van der Waals surface area contributed by atoms with Crippen LogP contribution in [0.15, 0.2) is 42.6 Å². The molecule has 0 radical (unpaired) electrons. The molecule has 0 amide bonds. The van der Waals surface area contributed by atoms with Gasteiger partial charge in [0.15, 0.2) is 11.5 Å². The molecule has 1 aromatic heterocycles. The van der Waals surface area contributed by atoms with E-state index in [1.807, 2.05) is 18.2 Å². The number of fused-ring (bicyclic) bond motifs is 1. The summed E-state index contributed by atoms with van der Waals surface area (Å²) < 4.78 is 25.9. The van der Waals surface area contributed by atoms with Crippen LogP contribution in [0.3, 0.4) is 0 Å². The van der Waals surface area contributed by atoms with Crippen molar-refractivity contribution in [2.24, 2.45) is 0 Å². The monoisotopic (exact) mass is 500 g/mol. The van der Waals surface area contributed by atoms with Gasteiger partial charge in [0, 0.05) is 29.0 Å². The molecular formula is C20H19ClFIN2O2. The highest BCUT2D eigenvalue weighted by molar-refractivity contribution is 14.1. The normalized spacial score (nSPS) is 10.8. The van der Waals surface area contributed by atoms with E-state index in [0.29, 0.717) is 23.8 Å². The van der Waals surface area contributed by atoms with E-state index in [2.05, 4.69) is 32.9 Å². The molecule has 0 saturated carbocycles. The molecule has 0 bridgehead atoms. The summed E-state index contributed by atoms with van der Waals surface area (Å²) in [4.78, 5) is 4.41. The van der Waals surface area contributed by atoms with E-state index in [4.69, 9.17) is 21.1 Å². The van der Waals surface area contributed by atoms with Gasteiger partial charge in [-0.1, -0.05) is 34.2 Å². The fourth-order valence-electron chi connectivity index (χ4n) is 2.64. The molecule has 1 N–H and O–H groups in total. The van der Waals surface area contributed by atoms with E-state index in [1.54, 1.807) is 25.4 Å². The van der Waals surface area contributed by atoms with Crippen molar-refractivity contribution in [3.8, 4) is 11.5 Å². The van der Waals surface area contributed by atoms with E-state index in [-0.39, 0.29) is 5.02 Å². The van der Waals surface area contributed by atoms with Gasteiger partial charge < -0.3 is 14.8 Å². The van der Waals surface area contributed by atoms with E-state index in [0.717, 1.165) is 33.9 Å². The minimum absolute atomic E-state index is 0.0688. The maximum atomic E-state index is 13.4. The van der Waals surface area contributed by atoms with Crippen LogP contribution in [-0.2, 0) is 0 Å². The molecule has 0 spiro atoms. The number of ether oxygens (including phenoxy) is 2. The molecule has 0 unspecified atom stereocenters. The summed E-state index contributed by atoms with van der Waals surface area (Å²) >= 11 is 8.24. The number of nitrogens with one attached hydrogen (secondary N) is 1. The number of aromatic nitrogens is 1. The second kappa shape index (κ2) is 9.41. The Hall–Kier alpha value is -1.80. The molecule has 142 valence electrons. The predicted molar refractivity (Wildman–Crippen MR) is 117 cm³/mol. The number of alkyl halides is 1. The highest BCUT2D eigenvalue weighted by Crippen LogP contribution is 2.36. The standard InChI is InChI=1S/C20H19ClFIN2O2/c1-26-19-12-18-14(11-20(19)27-9-3-2-7-23)17(6-8-24-18)25-13-4-5-16(22)15(21)10-13/h4-6,8,10-12H,2-3,7,9H2,1H3,(H,24,25). The maximum Gasteiger partial charge on any atom is 0.162 e. The van der Waals surface area contributed by atoms with Gasteiger partial charge in [0.2, 0.25) is 0 Å². The number of unbranched alkanes of at least 4 members (excludes halogenated alkanes) is 1. The molecular weight excluding hydrogens is 482 g/mol. The van der Waals surface area contributed by atoms with Crippen molar-refractivity contribution in [2.75, 3.05) is 23.5 Å². The summed E-state index contributed by atoms with van der Waals surface area (Å²) in [5.41, 5.74) is 2.28. The molecule has 27 heavy (non-hydrogen) atoms. The first kappa shape index (κ1) is 19.9. The Morgan fingerprint density at radius 3 is 2.74 bits per heavy atom. The van der Waals surface area contributed by atoms with Crippen molar-refractivity contribution in [3.05, 3.63) is 53.4 Å². The molecule has 0 aliphatic rings. The van der Waals surface area contributed by atoms with E-state index >= 15 is 0 Å². The zero-order chi connectivity index (χ0) is 19.2. The second-order valence-electron chi connectivity index (χ2n) is 5.88. The van der Waals surface area contributed by atoms with E-state index in [9.17, 15) is 4.39 Å². The number of benzene rings is 2. The number of nitrogens with zero attached hydrogens (tertiary/aromatic N) is 1. The number of hydrogen-bond donors (Lipinski definition) is 1. The maximum absolute atomic E-state index is 13.4. The van der Waals surface area contributed by atoms with Crippen LogP contribution < -0.4 is 14.8 Å². The lowest BCUT2D eigenvalue weighted by Crippen LogP contribution is -2.01. The van der Waals surface area contributed by atoms with Crippen LogP contribution in [0.4, 0.5) is 15.8 Å². The van der Waals surface area contributed by atoms with E-state index in [1.165, 1.54) is 6.07 Å². The van der Waals surface area contributed by atoms with Gasteiger partial charge in [-0.2, -0.15) is 0 Å². The van der Waals surface area contributed by atoms with Gasteiger partial charge in [-0.3, -0.25) is 4.98 Å². The molecule has 4 nitrogen and oxygen atoms in total. The Morgan fingerprint density at radius 1 is 1.15 bits per heavy atom. The average molecular weight is 501 g/mol. The second-order valence-corrected chi connectivity index (χ2v) is 7.36. The van der Waals surface area contributed by atoms with Crippen molar-refractivity contribution < 1.29 is 13.9 Å². The highest BCUT2D eigenvalue weighted by atomic mass is 127. The SMILES string of the molecule is COc1cc2nccc(Nc3ccc(F)c(Cl)c3)c2cc1OCCCCI. The smallest absolute Gasteiger partial charge is 0.162 e. The summed E-state index contributed by atoms with van der Waals surface area (Å²) in [5.74, 6) is 0.867. The van der Waals surface area contributed by atoms with E-state index < -0.39 is 5.82 Å². The van der Waals surface area contributed by atoms with Gasteiger partial charge in [0.25, 0.3) is 0 Å². The van der Waals surface area contributed by atoms with Crippen LogP contribution in [0.2, 0.25) is 5.02 Å². The third kappa shape index (κ3) is 4.93. The molecule has 1 heterocycles. The molecule has 0 aliphatic carbocycles. The van der Waals surface area contributed by atoms with Gasteiger partial charge in [-0.15, -0.1) is 0 Å². The average Bonchev–Trinajstić information content (AvgIpc) is 2.68. The summed E-state index contributed by atoms with van der Waals surface area (Å²) in [6.45, 7) is 0.626. The fourth-order valence-corrected chi connectivity index (χ4v) is 3.36. The Labute approximate surface area is 176 Å². The molecule has 0 atom stereocenters. The molecule has 7 heteroatoms. The minimum Gasteiger partial charge on any atom is -0.493 e.